The second-order valence-electron chi connectivity index (χ2n) is 6.54. The monoisotopic (exact) mass is 460 g/mol. The highest BCUT2D eigenvalue weighted by Crippen LogP contribution is 2.30. The fraction of sp³-hybridized carbons (Fsp3) is 0.333. The molecular weight excluding hydrogens is 441 g/mol. The molecule has 6 N–H and O–H groups in total. The summed E-state index contributed by atoms with van der Waals surface area (Å²) in [5.41, 5.74) is 5.43. The van der Waals surface area contributed by atoms with E-state index in [1.165, 1.54) is 11.3 Å². The highest BCUT2D eigenvalue weighted by molar-refractivity contribution is 7.19. The van der Waals surface area contributed by atoms with E-state index in [1.807, 2.05) is 30.3 Å². The van der Waals surface area contributed by atoms with E-state index in [0.29, 0.717) is 11.7 Å². The molecule has 0 spiro atoms. The molecule has 2 heterocycles. The van der Waals surface area contributed by atoms with Crippen molar-refractivity contribution in [2.45, 2.75) is 18.1 Å². The average molecular weight is 460 g/mol. The van der Waals surface area contributed by atoms with Gasteiger partial charge in [0, 0.05) is 12.7 Å². The lowest BCUT2D eigenvalue weighted by Gasteiger charge is -2.36. The number of piperidine rings is 1. The Hall–Kier alpha value is -3.03. The first-order valence-corrected chi connectivity index (χ1v) is 9.62. The van der Waals surface area contributed by atoms with Crippen molar-refractivity contribution in [3.05, 3.63) is 36.5 Å². The number of carbonyl (C=O) groups excluding carboxylic acids is 1. The molecule has 3 rings (SSSR count). The molecular formula is C18H19F3N4O5S. The SMILES string of the molecule is NC1(C(=O)O)CCNCC1C(=O)Nc1ncc(-c2ccccc2)s1.O=C(O)C(F)(F)F. The zero-order chi connectivity index (χ0) is 23.2. The van der Waals surface area contributed by atoms with E-state index in [1.54, 1.807) is 6.20 Å². The lowest BCUT2D eigenvalue weighted by atomic mass is 9.78. The van der Waals surface area contributed by atoms with Crippen molar-refractivity contribution in [3.8, 4) is 10.4 Å². The molecule has 9 nitrogen and oxygen atoms in total. The van der Waals surface area contributed by atoms with E-state index in [2.05, 4.69) is 15.6 Å². The number of nitrogens with two attached hydrogens (primary N) is 1. The molecule has 31 heavy (non-hydrogen) atoms. The van der Waals surface area contributed by atoms with Crippen molar-refractivity contribution in [2.24, 2.45) is 11.7 Å². The minimum absolute atomic E-state index is 0.202. The van der Waals surface area contributed by atoms with Crippen molar-refractivity contribution < 1.29 is 37.8 Å². The number of benzene rings is 1. The van der Waals surface area contributed by atoms with Crippen molar-refractivity contribution in [1.82, 2.24) is 10.3 Å². The quantitative estimate of drug-likeness (QED) is 0.463. The second kappa shape index (κ2) is 9.85. The van der Waals surface area contributed by atoms with Crippen LogP contribution in [0.4, 0.5) is 18.3 Å². The molecule has 2 aromatic rings. The van der Waals surface area contributed by atoms with Gasteiger partial charge in [-0.05, 0) is 18.5 Å². The second-order valence-corrected chi connectivity index (χ2v) is 7.57. The molecule has 13 heteroatoms. The van der Waals surface area contributed by atoms with Crippen molar-refractivity contribution in [2.75, 3.05) is 18.4 Å². The van der Waals surface area contributed by atoms with E-state index in [9.17, 15) is 27.9 Å². The molecule has 0 saturated carbocycles. The number of halogens is 3. The number of rotatable bonds is 4. The van der Waals surface area contributed by atoms with Gasteiger partial charge in [-0.25, -0.2) is 9.78 Å². The summed E-state index contributed by atoms with van der Waals surface area (Å²) in [5, 5.41) is 22.7. The molecule has 1 fully saturated rings. The Morgan fingerprint density at radius 1 is 1.23 bits per heavy atom. The van der Waals surface area contributed by atoms with Gasteiger partial charge in [0.15, 0.2) is 5.13 Å². The first kappa shape index (κ1) is 24.2. The van der Waals surface area contributed by atoms with Crippen LogP contribution < -0.4 is 16.4 Å². The van der Waals surface area contributed by atoms with Gasteiger partial charge in [0.1, 0.15) is 5.54 Å². The number of amides is 1. The third-order valence-corrected chi connectivity index (χ3v) is 5.40. The first-order valence-electron chi connectivity index (χ1n) is 8.80. The van der Waals surface area contributed by atoms with E-state index in [-0.39, 0.29) is 13.0 Å². The van der Waals surface area contributed by atoms with Crippen LogP contribution in [-0.2, 0) is 14.4 Å². The van der Waals surface area contributed by atoms with E-state index >= 15 is 0 Å². The number of aromatic nitrogens is 1. The number of anilines is 1. The standard InChI is InChI=1S/C16H18N4O3S.C2HF3O2/c17-16(14(22)23)6-7-18-8-11(16)13(21)20-15-19-9-12(24-15)10-4-2-1-3-5-10;3-2(4,5)1(6)7/h1-5,9,11,18H,6-8,17H2,(H,22,23)(H,19,20,21);(H,6,7). The third kappa shape index (κ3) is 6.23. The topological polar surface area (TPSA) is 155 Å². The summed E-state index contributed by atoms with van der Waals surface area (Å²) in [4.78, 5) is 38.0. The van der Waals surface area contributed by atoms with Crippen LogP contribution in [0.2, 0.25) is 0 Å². The van der Waals surface area contributed by atoms with Crippen LogP contribution >= 0.6 is 11.3 Å². The summed E-state index contributed by atoms with van der Waals surface area (Å²) in [7, 11) is 0. The highest BCUT2D eigenvalue weighted by atomic mass is 32.1. The van der Waals surface area contributed by atoms with Gasteiger partial charge in [-0.1, -0.05) is 41.7 Å². The van der Waals surface area contributed by atoms with E-state index in [0.717, 1.165) is 10.4 Å². The Bertz CT molecular complexity index is 938. The minimum Gasteiger partial charge on any atom is -0.480 e. The molecule has 1 aliphatic rings. The number of alkyl halides is 3. The molecule has 1 aromatic carbocycles. The number of hydrogen-bond acceptors (Lipinski definition) is 7. The zero-order valence-corrected chi connectivity index (χ0v) is 16.7. The fourth-order valence-electron chi connectivity index (χ4n) is 2.74. The molecule has 0 aliphatic carbocycles. The predicted molar refractivity (Wildman–Crippen MR) is 105 cm³/mol. The molecule has 1 aromatic heterocycles. The van der Waals surface area contributed by atoms with Gasteiger partial charge >= 0.3 is 18.1 Å². The Morgan fingerprint density at radius 3 is 2.39 bits per heavy atom. The third-order valence-electron chi connectivity index (χ3n) is 4.44. The van der Waals surface area contributed by atoms with Crippen LogP contribution in [0.15, 0.2) is 36.5 Å². The Kier molecular flexibility index (Phi) is 7.70. The molecule has 1 aliphatic heterocycles. The number of carboxylic acids is 2. The number of carboxylic acid groups (broad SMARTS) is 2. The van der Waals surface area contributed by atoms with Crippen LogP contribution in [-0.4, -0.2) is 57.8 Å². The minimum atomic E-state index is -5.08. The molecule has 2 atom stereocenters. The predicted octanol–water partition coefficient (Wildman–Crippen LogP) is 1.77. The molecule has 0 bridgehead atoms. The first-order chi connectivity index (χ1) is 14.4. The summed E-state index contributed by atoms with van der Waals surface area (Å²) in [6, 6.07) is 9.70. The van der Waals surface area contributed by atoms with Crippen LogP contribution in [0, 0.1) is 5.92 Å². The van der Waals surface area contributed by atoms with Crippen LogP contribution in [0.1, 0.15) is 6.42 Å². The van der Waals surface area contributed by atoms with Gasteiger partial charge in [0.25, 0.3) is 0 Å². The van der Waals surface area contributed by atoms with Gasteiger partial charge in [-0.3, -0.25) is 9.59 Å². The molecule has 168 valence electrons. The number of nitrogens with zero attached hydrogens (tertiary/aromatic N) is 1. The molecule has 1 saturated heterocycles. The van der Waals surface area contributed by atoms with Gasteiger partial charge in [0.2, 0.25) is 5.91 Å². The zero-order valence-electron chi connectivity index (χ0n) is 15.8. The number of nitrogens with one attached hydrogen (secondary N) is 2. The number of aliphatic carboxylic acids is 2. The van der Waals surface area contributed by atoms with Crippen molar-refractivity contribution in [3.63, 3.8) is 0 Å². The van der Waals surface area contributed by atoms with Gasteiger partial charge in [-0.15, -0.1) is 0 Å². The normalized spacial score (nSPS) is 20.8. The maximum atomic E-state index is 12.5. The number of hydrogen-bond donors (Lipinski definition) is 5. The molecule has 1 amide bonds. The lowest BCUT2D eigenvalue weighted by molar-refractivity contribution is -0.192. The summed E-state index contributed by atoms with van der Waals surface area (Å²) < 4.78 is 31.7. The molecule has 0 radical (unpaired) electrons. The van der Waals surface area contributed by atoms with Gasteiger partial charge < -0.3 is 26.6 Å². The Labute approximate surface area is 178 Å². The van der Waals surface area contributed by atoms with Crippen LogP contribution in [0.5, 0.6) is 0 Å². The summed E-state index contributed by atoms with van der Waals surface area (Å²) in [5.74, 6) is -5.20. The largest absolute Gasteiger partial charge is 0.490 e. The fourth-order valence-corrected chi connectivity index (χ4v) is 3.57. The maximum Gasteiger partial charge on any atom is 0.490 e. The summed E-state index contributed by atoms with van der Waals surface area (Å²) >= 11 is 1.34. The van der Waals surface area contributed by atoms with Crippen molar-refractivity contribution >= 4 is 34.3 Å². The smallest absolute Gasteiger partial charge is 0.480 e. The van der Waals surface area contributed by atoms with E-state index in [4.69, 9.17) is 15.6 Å². The lowest BCUT2D eigenvalue weighted by Crippen LogP contribution is -2.64. The summed E-state index contributed by atoms with van der Waals surface area (Å²) in [6.45, 7) is 0.702. The summed E-state index contributed by atoms with van der Waals surface area (Å²) in [6.07, 6.45) is -3.20. The van der Waals surface area contributed by atoms with E-state index < -0.39 is 35.5 Å². The maximum absolute atomic E-state index is 12.5. The van der Waals surface area contributed by atoms with Gasteiger partial charge in [-0.2, -0.15) is 13.2 Å². The average Bonchev–Trinajstić information content (AvgIpc) is 3.17. The Balaban J connectivity index is 0.000000423. The van der Waals surface area contributed by atoms with Crippen LogP contribution in [0.25, 0.3) is 10.4 Å². The Morgan fingerprint density at radius 2 is 1.84 bits per heavy atom. The highest BCUT2D eigenvalue weighted by Gasteiger charge is 2.48. The van der Waals surface area contributed by atoms with Crippen LogP contribution in [0.3, 0.4) is 0 Å². The number of carbonyl (C=O) groups is 3. The number of thiazole rings is 1. The van der Waals surface area contributed by atoms with Gasteiger partial charge in [0.05, 0.1) is 10.8 Å². The molecule has 2 unspecified atom stereocenters. The van der Waals surface area contributed by atoms with Crippen molar-refractivity contribution in [1.29, 1.82) is 0 Å².